The Kier molecular flexibility index (Phi) is 11.7. The van der Waals surface area contributed by atoms with Crippen LogP contribution in [0.1, 0.15) is 62.1 Å². The van der Waals surface area contributed by atoms with Gasteiger partial charge in [0.25, 0.3) is 11.5 Å². The number of aryl methyl sites for hydroxylation is 2. The zero-order valence-electron chi connectivity index (χ0n) is 39.1. The van der Waals surface area contributed by atoms with Crippen LogP contribution in [0.4, 0.5) is 4.39 Å². The van der Waals surface area contributed by atoms with Crippen molar-refractivity contribution in [3.8, 4) is 34.5 Å². The van der Waals surface area contributed by atoms with Gasteiger partial charge in [0.05, 0.1) is 41.7 Å². The van der Waals surface area contributed by atoms with E-state index in [-0.39, 0.29) is 47.9 Å². The molecule has 1 fully saturated rings. The number of ether oxygens (including phenoxy) is 2. The van der Waals surface area contributed by atoms with E-state index < -0.39 is 5.82 Å². The molecule has 3 aromatic heterocycles. The minimum Gasteiger partial charge on any atom is -0.508 e. The molecule has 0 aliphatic carbocycles. The van der Waals surface area contributed by atoms with Gasteiger partial charge in [0.1, 0.15) is 24.1 Å². The van der Waals surface area contributed by atoms with Crippen LogP contribution in [0.25, 0.3) is 38.8 Å². The molecule has 1 N–H and O–H groups in total. The molecule has 4 aromatic carbocycles. The summed E-state index contributed by atoms with van der Waals surface area (Å²) in [4.78, 5) is 50.1. The first-order valence-corrected chi connectivity index (χ1v) is 23.3. The smallest absolute Gasteiger partial charge is 0.265 e. The van der Waals surface area contributed by atoms with Crippen molar-refractivity contribution in [2.45, 2.75) is 59.2 Å². The molecule has 0 radical (unpaired) electrons. The Labute approximate surface area is 393 Å². The lowest BCUT2D eigenvalue weighted by atomic mass is 9.89. The van der Waals surface area contributed by atoms with Crippen molar-refractivity contribution in [2.75, 3.05) is 46.0 Å². The molecule has 3 aliphatic rings. The highest BCUT2D eigenvalue weighted by molar-refractivity contribution is 6.09. The van der Waals surface area contributed by atoms with E-state index in [2.05, 4.69) is 30.0 Å². The lowest BCUT2D eigenvalue weighted by Gasteiger charge is -2.36. The van der Waals surface area contributed by atoms with Gasteiger partial charge < -0.3 is 33.5 Å². The highest BCUT2D eigenvalue weighted by Gasteiger charge is 2.33. The summed E-state index contributed by atoms with van der Waals surface area (Å²) in [6, 6.07) is 25.7. The van der Waals surface area contributed by atoms with Crippen LogP contribution in [0.3, 0.4) is 0 Å². The second kappa shape index (κ2) is 17.8. The summed E-state index contributed by atoms with van der Waals surface area (Å²) in [5.41, 5.74) is 9.74. The molecule has 3 aliphatic heterocycles. The monoisotopic (exact) mass is 915 g/mol. The molecule has 13 nitrogen and oxygen atoms in total. The fraction of sp³-hybridized carbons (Fsp3) is 0.333. The average molecular weight is 916 g/mol. The summed E-state index contributed by atoms with van der Waals surface area (Å²) < 4.78 is 32.0. The lowest BCUT2D eigenvalue weighted by molar-refractivity contribution is -0.131. The summed E-state index contributed by atoms with van der Waals surface area (Å²) in [6.45, 7) is 10.9. The minimum absolute atomic E-state index is 0.0119. The van der Waals surface area contributed by atoms with Gasteiger partial charge in [-0.25, -0.2) is 4.39 Å². The van der Waals surface area contributed by atoms with E-state index in [1.807, 2.05) is 60.7 Å². The predicted octanol–water partition coefficient (Wildman–Crippen LogP) is 7.25. The number of nitrogens with zero attached hydrogens (tertiary/aromatic N) is 7. The number of morpholine rings is 1. The van der Waals surface area contributed by atoms with Crippen molar-refractivity contribution in [1.29, 1.82) is 5.26 Å². The molecule has 0 unspecified atom stereocenters. The normalized spacial score (nSPS) is 16.2. The molecular formula is C54H54FN7O6. The molecule has 0 spiro atoms. The number of phenols is 1. The third-order valence-corrected chi connectivity index (χ3v) is 14.5. The van der Waals surface area contributed by atoms with Crippen LogP contribution in [0.15, 0.2) is 83.7 Å². The fourth-order valence-corrected chi connectivity index (χ4v) is 10.4. The van der Waals surface area contributed by atoms with Crippen LogP contribution >= 0.6 is 0 Å². The van der Waals surface area contributed by atoms with Crippen LogP contribution in [-0.2, 0) is 56.0 Å². The Morgan fingerprint density at radius 3 is 2.44 bits per heavy atom. The third-order valence-electron chi connectivity index (χ3n) is 14.5. The van der Waals surface area contributed by atoms with E-state index in [0.717, 1.165) is 41.0 Å². The summed E-state index contributed by atoms with van der Waals surface area (Å²) >= 11 is 0. The molecular weight excluding hydrogens is 862 g/mol. The molecule has 6 heterocycles. The van der Waals surface area contributed by atoms with E-state index in [1.165, 1.54) is 11.6 Å². The molecule has 1 saturated heterocycles. The highest BCUT2D eigenvalue weighted by atomic mass is 19.1. The van der Waals surface area contributed by atoms with Gasteiger partial charge in [-0.2, -0.15) is 5.26 Å². The van der Waals surface area contributed by atoms with Crippen LogP contribution in [0, 0.1) is 31.0 Å². The Bertz CT molecular complexity index is 3300. The van der Waals surface area contributed by atoms with Crippen LogP contribution in [0.5, 0.6) is 11.5 Å². The second-order valence-corrected chi connectivity index (χ2v) is 18.5. The number of carbonyl (C=O) groups is 2. The zero-order valence-corrected chi connectivity index (χ0v) is 39.1. The van der Waals surface area contributed by atoms with Gasteiger partial charge in [0, 0.05) is 87.3 Å². The highest BCUT2D eigenvalue weighted by Crippen LogP contribution is 2.38. The van der Waals surface area contributed by atoms with Gasteiger partial charge >= 0.3 is 0 Å². The van der Waals surface area contributed by atoms with E-state index in [1.54, 1.807) is 51.4 Å². The Balaban J connectivity index is 1.02. The number of hydrogen-bond donors (Lipinski definition) is 1. The standard InChI is InChI=1S/C54H54FN7O6/c1-32-20-50(68-19-16-59-14-17-67-18-15-59)46(55)24-38(32)25-51(64)60-13-12-36-22-42(43(23-39(36)30-60)53(65)61-31-37-9-7-6-8-35(37)21-33(61)2)49-28-45-52(58(49)5)44-27-41(63)10-11-47(44)62(54(45)66)48-26-40(29-56)57(4)34(48)3/h6-11,20,22-24,26-28,33,63H,12-19,21,25,30-31H2,1-5H3/t33-/m1/s1. The summed E-state index contributed by atoms with van der Waals surface area (Å²) in [7, 11) is 3.65. The van der Waals surface area contributed by atoms with E-state index >= 15 is 9.18 Å². The van der Waals surface area contributed by atoms with E-state index in [4.69, 9.17) is 9.47 Å². The quantitative estimate of drug-likeness (QED) is 0.160. The van der Waals surface area contributed by atoms with Crippen molar-refractivity contribution in [2.24, 2.45) is 14.1 Å². The Morgan fingerprint density at radius 2 is 1.68 bits per heavy atom. The summed E-state index contributed by atoms with van der Waals surface area (Å²) in [5.74, 6) is -0.621. The number of carbonyl (C=O) groups excluding carboxylic acids is 2. The van der Waals surface area contributed by atoms with Gasteiger partial charge in [-0.15, -0.1) is 0 Å². The molecule has 68 heavy (non-hydrogen) atoms. The first kappa shape index (κ1) is 44.6. The average Bonchev–Trinajstić information content (AvgIpc) is 3.84. The number of hydrogen-bond acceptors (Lipinski definition) is 8. The van der Waals surface area contributed by atoms with Crippen LogP contribution in [-0.4, -0.2) is 97.4 Å². The van der Waals surface area contributed by atoms with Gasteiger partial charge in [-0.1, -0.05) is 24.3 Å². The van der Waals surface area contributed by atoms with E-state index in [0.29, 0.717) is 108 Å². The molecule has 348 valence electrons. The Hall–Kier alpha value is -7.21. The fourth-order valence-electron chi connectivity index (χ4n) is 10.4. The zero-order chi connectivity index (χ0) is 47.5. The van der Waals surface area contributed by atoms with Gasteiger partial charge in [-0.05, 0) is 122 Å². The van der Waals surface area contributed by atoms with Crippen molar-refractivity contribution >= 4 is 33.6 Å². The number of amides is 2. The number of benzene rings is 4. The number of aromatic hydroxyl groups is 1. The predicted molar refractivity (Wildman–Crippen MR) is 258 cm³/mol. The van der Waals surface area contributed by atoms with Crippen molar-refractivity contribution in [1.82, 2.24) is 28.4 Å². The molecule has 0 bridgehead atoms. The Morgan fingerprint density at radius 1 is 0.897 bits per heavy atom. The van der Waals surface area contributed by atoms with E-state index in [9.17, 15) is 20.0 Å². The maximum absolute atomic E-state index is 15.4. The van der Waals surface area contributed by atoms with Gasteiger partial charge in [0.2, 0.25) is 5.91 Å². The number of rotatable bonds is 9. The number of nitriles is 1. The van der Waals surface area contributed by atoms with Crippen molar-refractivity contribution < 1.29 is 28.6 Å². The van der Waals surface area contributed by atoms with Crippen LogP contribution < -0.4 is 10.3 Å². The molecule has 0 saturated carbocycles. The van der Waals surface area contributed by atoms with Crippen molar-refractivity contribution in [3.63, 3.8) is 0 Å². The first-order chi connectivity index (χ1) is 32.8. The molecule has 2 amide bonds. The molecule has 14 heteroatoms. The minimum atomic E-state index is -0.505. The first-order valence-electron chi connectivity index (χ1n) is 23.3. The van der Waals surface area contributed by atoms with Crippen molar-refractivity contribution in [3.05, 3.63) is 145 Å². The molecule has 1 atom stereocenters. The maximum Gasteiger partial charge on any atom is 0.265 e. The molecule has 7 aromatic rings. The summed E-state index contributed by atoms with van der Waals surface area (Å²) in [5, 5.41) is 21.8. The lowest BCUT2D eigenvalue weighted by Crippen LogP contribution is -2.43. The SMILES string of the molecule is Cc1cc(OCCN2CCOCC2)c(F)cc1CC(=O)N1CCc2cc(-c3cc4c(=O)n(-c5cc(C#N)n(C)c5C)c5ccc(O)cc5c4n3C)c(C(=O)N3Cc4ccccc4C[C@H]3C)cc2C1. The number of pyridine rings is 1. The largest absolute Gasteiger partial charge is 0.508 e. The number of phenolic OH excluding ortho intramolecular Hbond substituents is 1. The number of fused-ring (bicyclic) bond motifs is 5. The van der Waals surface area contributed by atoms with Crippen LogP contribution in [0.2, 0.25) is 0 Å². The maximum atomic E-state index is 15.4. The van der Waals surface area contributed by atoms with Gasteiger partial charge in [-0.3, -0.25) is 23.9 Å². The third kappa shape index (κ3) is 7.89. The molecule has 10 rings (SSSR count). The topological polar surface area (TPSA) is 138 Å². The second-order valence-electron chi connectivity index (χ2n) is 18.5. The number of halogens is 1. The summed E-state index contributed by atoms with van der Waals surface area (Å²) in [6.07, 6.45) is 1.22. The number of aromatic nitrogens is 3. The van der Waals surface area contributed by atoms with Gasteiger partial charge in [0.15, 0.2) is 11.6 Å².